The summed E-state index contributed by atoms with van der Waals surface area (Å²) < 4.78 is 30.5. The molecule has 7 nitrogen and oxygen atoms in total. The molecule has 0 aliphatic rings. The molecule has 0 amide bonds. The van der Waals surface area contributed by atoms with Crippen molar-refractivity contribution in [3.05, 3.63) is 34.2 Å². The predicted octanol–water partition coefficient (Wildman–Crippen LogP) is 1.57. The largest absolute Gasteiger partial charge is 0.279 e. The molecule has 0 unspecified atom stereocenters. The molecule has 0 aromatic carbocycles. The minimum absolute atomic E-state index is 0.0303. The van der Waals surface area contributed by atoms with E-state index in [4.69, 9.17) is 11.6 Å². The Morgan fingerprint density at radius 1 is 1.48 bits per heavy atom. The number of nitrogens with zero attached hydrogens (tertiary/aromatic N) is 4. The fourth-order valence-corrected chi connectivity index (χ4v) is 4.50. The average molecular weight is 346 g/mol. The molecular weight excluding hydrogens is 334 g/mol. The summed E-state index contributed by atoms with van der Waals surface area (Å²) in [6, 6.07) is 0. The first kappa shape index (κ1) is 14.5. The molecule has 3 aromatic heterocycles. The maximum Gasteiger partial charge on any atom is 0.260 e. The number of aromatic nitrogens is 4. The number of thiazole rings is 1. The number of rotatable bonds is 4. The minimum atomic E-state index is -3.76. The van der Waals surface area contributed by atoms with Crippen molar-refractivity contribution in [1.29, 1.82) is 0 Å². The summed E-state index contributed by atoms with van der Waals surface area (Å²) in [6.45, 7) is 1.97. The summed E-state index contributed by atoms with van der Waals surface area (Å²) >= 11 is 7.27. The van der Waals surface area contributed by atoms with Gasteiger partial charge in [-0.25, -0.2) is 18.1 Å². The Morgan fingerprint density at radius 2 is 2.24 bits per heavy atom. The number of hydrogen-bond donors (Lipinski definition) is 1. The summed E-state index contributed by atoms with van der Waals surface area (Å²) in [5.74, 6) is 0. The van der Waals surface area contributed by atoms with E-state index in [9.17, 15) is 8.42 Å². The van der Waals surface area contributed by atoms with Gasteiger partial charge in [-0.2, -0.15) is 5.10 Å². The fourth-order valence-electron chi connectivity index (χ4n) is 2.04. The molecule has 0 saturated heterocycles. The van der Waals surface area contributed by atoms with E-state index in [0.29, 0.717) is 4.96 Å². The third-order valence-corrected chi connectivity index (χ3v) is 5.56. The van der Waals surface area contributed by atoms with Crippen molar-refractivity contribution in [2.45, 2.75) is 18.5 Å². The van der Waals surface area contributed by atoms with Crippen LogP contribution < -0.4 is 4.72 Å². The van der Waals surface area contributed by atoms with Gasteiger partial charge in [0.2, 0.25) is 0 Å². The van der Waals surface area contributed by atoms with Crippen LogP contribution in [0, 0.1) is 6.92 Å². The first-order chi connectivity index (χ1) is 9.88. The lowest BCUT2D eigenvalue weighted by atomic mass is 10.3. The number of hydrogen-bond acceptors (Lipinski definition) is 5. The Morgan fingerprint density at radius 3 is 2.90 bits per heavy atom. The van der Waals surface area contributed by atoms with E-state index >= 15 is 0 Å². The van der Waals surface area contributed by atoms with Gasteiger partial charge in [0.15, 0.2) is 15.1 Å². The number of aryl methyl sites for hydroxylation is 2. The third-order valence-electron chi connectivity index (χ3n) is 3.00. The number of sulfonamides is 1. The average Bonchev–Trinajstić information content (AvgIpc) is 3.01. The van der Waals surface area contributed by atoms with Crippen LogP contribution in [-0.2, 0) is 23.6 Å². The smallest absolute Gasteiger partial charge is 0.260 e. The van der Waals surface area contributed by atoms with Crippen LogP contribution in [0.5, 0.6) is 0 Å². The van der Waals surface area contributed by atoms with Crippen LogP contribution in [0.2, 0.25) is 5.15 Å². The Labute approximate surface area is 130 Å². The molecule has 0 radical (unpaired) electrons. The molecule has 3 aromatic rings. The molecule has 21 heavy (non-hydrogen) atoms. The van der Waals surface area contributed by atoms with Gasteiger partial charge in [-0.3, -0.25) is 9.08 Å². The van der Waals surface area contributed by atoms with Crippen LogP contribution in [0.25, 0.3) is 4.96 Å². The van der Waals surface area contributed by atoms with E-state index in [-0.39, 0.29) is 16.7 Å². The van der Waals surface area contributed by atoms with Crippen LogP contribution in [0.3, 0.4) is 0 Å². The van der Waals surface area contributed by atoms with E-state index < -0.39 is 10.0 Å². The summed E-state index contributed by atoms with van der Waals surface area (Å²) in [4.78, 5) is 4.57. The van der Waals surface area contributed by atoms with E-state index in [2.05, 4.69) is 14.8 Å². The number of nitrogens with one attached hydrogen (secondary N) is 1. The highest BCUT2D eigenvalue weighted by Gasteiger charge is 2.25. The molecular formula is C11H12ClN5O2S2. The molecule has 3 rings (SSSR count). The van der Waals surface area contributed by atoms with Gasteiger partial charge in [-0.15, -0.1) is 11.3 Å². The fraction of sp³-hybridized carbons (Fsp3) is 0.273. The van der Waals surface area contributed by atoms with Gasteiger partial charge in [0.25, 0.3) is 10.0 Å². The van der Waals surface area contributed by atoms with Gasteiger partial charge in [0.1, 0.15) is 0 Å². The van der Waals surface area contributed by atoms with Crippen molar-refractivity contribution < 1.29 is 8.42 Å². The Kier molecular flexibility index (Phi) is 3.52. The zero-order chi connectivity index (χ0) is 15.2. The van der Waals surface area contributed by atoms with Gasteiger partial charge in [0, 0.05) is 36.9 Å². The molecule has 0 saturated carbocycles. The van der Waals surface area contributed by atoms with Gasteiger partial charge in [-0.1, -0.05) is 11.6 Å². The second kappa shape index (κ2) is 5.09. The summed E-state index contributed by atoms with van der Waals surface area (Å²) in [7, 11) is -1.98. The SMILES string of the molecule is Cc1nn(C)cc1CNS(=O)(=O)c1c(Cl)nc2sccn12. The standard InChI is InChI=1S/C11H12ClN5O2S2/c1-7-8(6-16(2)15-7)5-13-21(18,19)10-9(12)14-11-17(10)3-4-20-11/h3-4,6,13H,5H2,1-2H3. The van der Waals surface area contributed by atoms with Gasteiger partial charge < -0.3 is 0 Å². The lowest BCUT2D eigenvalue weighted by molar-refractivity contribution is 0.576. The van der Waals surface area contributed by atoms with Crippen molar-refractivity contribution in [3.63, 3.8) is 0 Å². The first-order valence-electron chi connectivity index (χ1n) is 5.98. The van der Waals surface area contributed by atoms with E-state index in [1.54, 1.807) is 29.5 Å². The Balaban J connectivity index is 1.92. The molecule has 0 aliphatic carbocycles. The quantitative estimate of drug-likeness (QED) is 0.778. The number of fused-ring (bicyclic) bond motifs is 1. The van der Waals surface area contributed by atoms with Crippen LogP contribution in [-0.4, -0.2) is 27.6 Å². The number of imidazole rings is 1. The molecule has 0 atom stereocenters. The van der Waals surface area contributed by atoms with E-state index in [1.807, 2.05) is 6.92 Å². The monoisotopic (exact) mass is 345 g/mol. The normalized spacial score (nSPS) is 12.3. The zero-order valence-corrected chi connectivity index (χ0v) is 13.6. The number of halogens is 1. The van der Waals surface area contributed by atoms with Crippen LogP contribution in [0.4, 0.5) is 0 Å². The second-order valence-electron chi connectivity index (χ2n) is 4.50. The molecule has 112 valence electrons. The molecule has 3 heterocycles. The predicted molar refractivity (Wildman–Crippen MR) is 80.0 cm³/mol. The van der Waals surface area contributed by atoms with Crippen LogP contribution in [0.1, 0.15) is 11.3 Å². The van der Waals surface area contributed by atoms with Crippen molar-refractivity contribution in [2.75, 3.05) is 0 Å². The molecule has 10 heteroatoms. The van der Waals surface area contributed by atoms with Gasteiger partial charge >= 0.3 is 0 Å². The van der Waals surface area contributed by atoms with E-state index in [1.165, 1.54) is 15.7 Å². The Hall–Kier alpha value is -1.42. The van der Waals surface area contributed by atoms with Gasteiger partial charge in [-0.05, 0) is 6.92 Å². The van der Waals surface area contributed by atoms with Gasteiger partial charge in [0.05, 0.1) is 5.69 Å². The molecule has 0 spiro atoms. The lowest BCUT2D eigenvalue weighted by Crippen LogP contribution is -2.24. The highest BCUT2D eigenvalue weighted by molar-refractivity contribution is 7.89. The molecule has 1 N–H and O–H groups in total. The van der Waals surface area contributed by atoms with Crippen molar-refractivity contribution in [2.24, 2.45) is 7.05 Å². The van der Waals surface area contributed by atoms with Crippen LogP contribution >= 0.6 is 22.9 Å². The second-order valence-corrected chi connectivity index (χ2v) is 7.41. The maximum absolute atomic E-state index is 12.4. The minimum Gasteiger partial charge on any atom is -0.279 e. The molecule has 0 bridgehead atoms. The van der Waals surface area contributed by atoms with Crippen LogP contribution in [0.15, 0.2) is 22.8 Å². The van der Waals surface area contributed by atoms with Crippen molar-refractivity contribution in [3.8, 4) is 0 Å². The van der Waals surface area contributed by atoms with Crippen molar-refractivity contribution >= 4 is 37.9 Å². The zero-order valence-electron chi connectivity index (χ0n) is 11.2. The summed E-state index contributed by atoms with van der Waals surface area (Å²) in [5, 5.41) is 5.86. The summed E-state index contributed by atoms with van der Waals surface area (Å²) in [6.07, 6.45) is 3.40. The first-order valence-corrected chi connectivity index (χ1v) is 8.72. The molecule has 0 aliphatic heterocycles. The highest BCUT2D eigenvalue weighted by atomic mass is 35.5. The maximum atomic E-state index is 12.4. The van der Waals surface area contributed by atoms with Crippen molar-refractivity contribution in [1.82, 2.24) is 23.9 Å². The topological polar surface area (TPSA) is 81.3 Å². The van der Waals surface area contributed by atoms with E-state index in [0.717, 1.165) is 11.3 Å². The lowest BCUT2D eigenvalue weighted by Gasteiger charge is -2.05. The Bertz CT molecular complexity index is 908. The third kappa shape index (κ3) is 2.57. The summed E-state index contributed by atoms with van der Waals surface area (Å²) in [5.41, 5.74) is 1.59. The highest BCUT2D eigenvalue weighted by Crippen LogP contribution is 2.25. The molecule has 0 fully saturated rings.